The van der Waals surface area contributed by atoms with Crippen LogP contribution in [0.15, 0.2) is 18.2 Å². The predicted octanol–water partition coefficient (Wildman–Crippen LogP) is 3.43. The van der Waals surface area contributed by atoms with E-state index in [1.54, 1.807) is 0 Å². The van der Waals surface area contributed by atoms with Crippen LogP contribution in [0, 0.1) is 13.8 Å². The third-order valence-corrected chi connectivity index (χ3v) is 4.28. The molecule has 3 heteroatoms. The first-order chi connectivity index (χ1) is 8.54. The summed E-state index contributed by atoms with van der Waals surface area (Å²) in [5.74, 6) is 0.806. The van der Waals surface area contributed by atoms with Crippen molar-refractivity contribution in [3.8, 4) is 0 Å². The van der Waals surface area contributed by atoms with Gasteiger partial charge >= 0.3 is 0 Å². The van der Waals surface area contributed by atoms with Crippen LogP contribution in [0.4, 0.5) is 0 Å². The van der Waals surface area contributed by atoms with E-state index in [1.165, 1.54) is 0 Å². The summed E-state index contributed by atoms with van der Waals surface area (Å²) in [6.45, 7) is 6.05. The normalized spacial score (nSPS) is 12.4. The molecule has 0 aliphatic carbocycles. The van der Waals surface area contributed by atoms with Gasteiger partial charge in [-0.1, -0.05) is 43.5 Å². The van der Waals surface area contributed by atoms with Gasteiger partial charge in [-0.25, -0.2) is 0 Å². The van der Waals surface area contributed by atoms with Gasteiger partial charge in [0.25, 0.3) is 0 Å². The fourth-order valence-corrected chi connectivity index (χ4v) is 3.05. The fraction of sp³-hybridized carbons (Fsp3) is 0.533. The van der Waals surface area contributed by atoms with E-state index >= 15 is 0 Å². The topological polar surface area (TPSA) is 34.1 Å². The van der Waals surface area contributed by atoms with Crippen molar-refractivity contribution in [2.45, 2.75) is 40.0 Å². The lowest BCUT2D eigenvalue weighted by Gasteiger charge is -2.06. The Morgan fingerprint density at radius 2 is 1.94 bits per heavy atom. The molecule has 1 aromatic rings. The van der Waals surface area contributed by atoms with Crippen LogP contribution in [0.1, 0.15) is 47.7 Å². The lowest BCUT2D eigenvalue weighted by atomic mass is 10.0. The maximum absolute atomic E-state index is 12.0. The average molecular weight is 266 g/mol. The second-order valence-corrected chi connectivity index (χ2v) is 6.31. The third kappa shape index (κ3) is 4.73. The second kappa shape index (κ2) is 7.47. The van der Waals surface area contributed by atoms with Crippen LogP contribution >= 0.6 is 0 Å². The molecule has 0 amide bonds. The van der Waals surface area contributed by atoms with Crippen LogP contribution in [0.5, 0.6) is 0 Å². The van der Waals surface area contributed by atoms with Gasteiger partial charge in [-0.2, -0.15) is 0 Å². The monoisotopic (exact) mass is 266 g/mol. The zero-order valence-corrected chi connectivity index (χ0v) is 12.3. The van der Waals surface area contributed by atoms with Crippen molar-refractivity contribution in [2.75, 3.05) is 11.5 Å². The van der Waals surface area contributed by atoms with Gasteiger partial charge in [0.1, 0.15) is 0 Å². The Balaban J connectivity index is 2.57. The zero-order valence-electron chi connectivity index (χ0n) is 11.5. The predicted molar refractivity (Wildman–Crippen MR) is 77.6 cm³/mol. The maximum Gasteiger partial charge on any atom is 0.175 e. The summed E-state index contributed by atoms with van der Waals surface area (Å²) < 4.78 is 11.8. The molecule has 18 heavy (non-hydrogen) atoms. The highest BCUT2D eigenvalue weighted by Crippen LogP contribution is 2.12. The van der Waals surface area contributed by atoms with Gasteiger partial charge in [0.05, 0.1) is 5.75 Å². The van der Waals surface area contributed by atoms with Crippen molar-refractivity contribution >= 4 is 16.6 Å². The number of carbonyl (C=O) groups is 1. The number of hydrogen-bond acceptors (Lipinski definition) is 2. The standard InChI is InChI=1S/C15H22O2S/c1-4-5-6-9-18(17)11-15(16)14-8-7-12(2)10-13(14)3/h7-8,10H,4-6,9,11H2,1-3H3. The molecule has 2 nitrogen and oxygen atoms in total. The summed E-state index contributed by atoms with van der Waals surface area (Å²) in [6.07, 6.45) is 3.15. The Labute approximate surface area is 112 Å². The number of unbranched alkanes of at least 4 members (excludes halogenated alkanes) is 2. The van der Waals surface area contributed by atoms with Crippen molar-refractivity contribution in [3.63, 3.8) is 0 Å². The molecule has 1 rings (SSSR count). The van der Waals surface area contributed by atoms with Crippen molar-refractivity contribution in [1.29, 1.82) is 0 Å². The molecule has 1 aromatic carbocycles. The number of hydrogen-bond donors (Lipinski definition) is 0. The van der Waals surface area contributed by atoms with Crippen LogP contribution in [0.2, 0.25) is 0 Å². The number of Topliss-reactive ketones (excluding diaryl/α,β-unsaturated/α-hetero) is 1. The lowest BCUT2D eigenvalue weighted by Crippen LogP contribution is -2.14. The molecule has 0 saturated carbocycles. The number of aryl methyl sites for hydroxylation is 2. The molecule has 0 heterocycles. The molecule has 0 aliphatic heterocycles. The molecular weight excluding hydrogens is 244 g/mol. The molecule has 100 valence electrons. The first kappa shape index (κ1) is 15.1. The summed E-state index contributed by atoms with van der Waals surface area (Å²) in [4.78, 5) is 12.0. The third-order valence-electron chi connectivity index (χ3n) is 2.95. The van der Waals surface area contributed by atoms with Crippen molar-refractivity contribution in [3.05, 3.63) is 34.9 Å². The first-order valence-corrected chi connectivity index (χ1v) is 7.98. The Kier molecular flexibility index (Phi) is 6.27. The minimum Gasteiger partial charge on any atom is -0.293 e. The van der Waals surface area contributed by atoms with Crippen molar-refractivity contribution in [1.82, 2.24) is 0 Å². The highest BCUT2D eigenvalue weighted by molar-refractivity contribution is 7.85. The fourth-order valence-electron chi connectivity index (χ4n) is 1.94. The highest BCUT2D eigenvalue weighted by Gasteiger charge is 2.12. The van der Waals surface area contributed by atoms with E-state index in [9.17, 15) is 9.00 Å². The van der Waals surface area contributed by atoms with Crippen LogP contribution in [0.25, 0.3) is 0 Å². The summed E-state index contributed by atoms with van der Waals surface area (Å²) in [6, 6.07) is 5.77. The molecule has 0 N–H and O–H groups in total. The Bertz CT molecular complexity index is 438. The van der Waals surface area contributed by atoms with Crippen LogP contribution in [0.3, 0.4) is 0 Å². The molecule has 0 bridgehead atoms. The maximum atomic E-state index is 12.0. The molecular formula is C15H22O2S. The number of carbonyl (C=O) groups excluding carboxylic acids is 1. The van der Waals surface area contributed by atoms with Crippen LogP contribution in [-0.4, -0.2) is 21.5 Å². The quantitative estimate of drug-likeness (QED) is 0.560. The summed E-state index contributed by atoms with van der Waals surface area (Å²) in [5, 5.41) is 0. The van der Waals surface area contributed by atoms with Crippen LogP contribution in [-0.2, 0) is 10.8 Å². The first-order valence-electron chi connectivity index (χ1n) is 6.50. The van der Waals surface area contributed by atoms with Gasteiger partial charge in [-0.15, -0.1) is 0 Å². The molecule has 0 radical (unpaired) electrons. The van der Waals surface area contributed by atoms with Crippen molar-refractivity contribution in [2.24, 2.45) is 0 Å². The van der Waals surface area contributed by atoms with Gasteiger partial charge in [0.15, 0.2) is 5.78 Å². The van der Waals surface area contributed by atoms with E-state index in [-0.39, 0.29) is 11.5 Å². The Hall–Kier alpha value is -0.960. The van der Waals surface area contributed by atoms with E-state index in [4.69, 9.17) is 0 Å². The smallest absolute Gasteiger partial charge is 0.175 e. The average Bonchev–Trinajstić information content (AvgIpc) is 2.28. The molecule has 0 aromatic heterocycles. The van der Waals surface area contributed by atoms with Gasteiger partial charge in [0, 0.05) is 22.1 Å². The minimum absolute atomic E-state index is 0.00216. The second-order valence-electron chi connectivity index (χ2n) is 4.74. The molecule has 1 unspecified atom stereocenters. The van der Waals surface area contributed by atoms with Crippen LogP contribution < -0.4 is 0 Å². The molecule has 0 aliphatic rings. The molecule has 0 saturated heterocycles. The van der Waals surface area contributed by atoms with E-state index in [0.29, 0.717) is 11.3 Å². The van der Waals surface area contributed by atoms with Gasteiger partial charge in [-0.3, -0.25) is 9.00 Å². The van der Waals surface area contributed by atoms with E-state index in [0.717, 1.165) is 30.4 Å². The van der Waals surface area contributed by atoms with E-state index in [2.05, 4.69) is 6.92 Å². The Morgan fingerprint density at radius 3 is 2.56 bits per heavy atom. The summed E-state index contributed by atoms with van der Waals surface area (Å²) >= 11 is 0. The lowest BCUT2D eigenvalue weighted by molar-refractivity contribution is 0.102. The van der Waals surface area contributed by atoms with Crippen molar-refractivity contribution < 1.29 is 9.00 Å². The number of rotatable bonds is 7. The van der Waals surface area contributed by atoms with Gasteiger partial charge in [0.2, 0.25) is 0 Å². The number of benzene rings is 1. The highest BCUT2D eigenvalue weighted by atomic mass is 32.2. The minimum atomic E-state index is -1.02. The van der Waals surface area contributed by atoms with E-state index < -0.39 is 10.8 Å². The SMILES string of the molecule is CCCCCS(=O)CC(=O)c1ccc(C)cc1C. The zero-order chi connectivity index (χ0) is 13.5. The van der Waals surface area contributed by atoms with E-state index in [1.807, 2.05) is 32.0 Å². The Morgan fingerprint density at radius 1 is 1.22 bits per heavy atom. The van der Waals surface area contributed by atoms with Gasteiger partial charge < -0.3 is 0 Å². The molecule has 0 fully saturated rings. The van der Waals surface area contributed by atoms with Gasteiger partial charge in [-0.05, 0) is 25.8 Å². The summed E-state index contributed by atoms with van der Waals surface area (Å²) in [7, 11) is -1.02. The summed E-state index contributed by atoms with van der Waals surface area (Å²) in [5.41, 5.74) is 2.84. The largest absolute Gasteiger partial charge is 0.293 e. The molecule has 0 spiro atoms. The molecule has 1 atom stereocenters. The number of ketones is 1.